The predicted octanol–water partition coefficient (Wildman–Crippen LogP) is 7.87. The van der Waals surface area contributed by atoms with Gasteiger partial charge in [-0.3, -0.25) is 4.79 Å². The van der Waals surface area contributed by atoms with Crippen molar-refractivity contribution in [3.8, 4) is 23.3 Å². The minimum atomic E-state index is -1.08. The lowest BCUT2D eigenvalue weighted by Gasteiger charge is -2.07. The van der Waals surface area contributed by atoms with E-state index in [9.17, 15) is 18.8 Å². The monoisotopic (exact) mass is 644 g/mol. The van der Waals surface area contributed by atoms with Gasteiger partial charge in [0.25, 0.3) is 0 Å². The Morgan fingerprint density at radius 3 is 1.72 bits per heavy atom. The molecule has 7 nitrogen and oxygen atoms in total. The molecule has 0 spiro atoms. The number of carbonyl (C=O) groups is 3. The number of hydrogen-bond donors (Lipinski definition) is 0. The maximum atomic E-state index is 12.7. The number of esters is 2. The van der Waals surface area contributed by atoms with Crippen LogP contribution < -0.4 is 9.47 Å². The molecule has 0 aliphatic carbocycles. The predicted molar refractivity (Wildman–Crippen MR) is 177 cm³/mol. The van der Waals surface area contributed by atoms with Gasteiger partial charge in [-0.25, -0.2) is 9.59 Å². The summed E-state index contributed by atoms with van der Waals surface area (Å²) < 4.78 is 33.6. The van der Waals surface area contributed by atoms with Gasteiger partial charge in [0, 0.05) is 27.7 Å². The first-order chi connectivity index (χ1) is 22.3. The third kappa shape index (κ3) is 13.9. The molecule has 0 radical (unpaired) electrons. The van der Waals surface area contributed by atoms with Gasteiger partial charge in [0.2, 0.25) is 10.9 Å². The van der Waals surface area contributed by atoms with Crippen LogP contribution in [0.4, 0.5) is 4.39 Å². The molecule has 0 aliphatic heterocycles. The second kappa shape index (κ2) is 20.3. The lowest BCUT2D eigenvalue weighted by Crippen LogP contribution is -2.05. The van der Waals surface area contributed by atoms with Crippen molar-refractivity contribution in [2.75, 3.05) is 26.4 Å². The molecular weight excluding hydrogens is 607 g/mol. The van der Waals surface area contributed by atoms with E-state index < -0.39 is 17.8 Å². The van der Waals surface area contributed by atoms with Crippen molar-refractivity contribution in [2.45, 2.75) is 43.4 Å². The molecule has 0 N–H and O–H groups in total. The number of carbonyl (C=O) groups excluding carboxylic acids is 3. The SMILES string of the molecule is C=CC(=O)OCCCCOc1ccc(C(=O)Sc2ccc(C#Cc3ccc(OCCCCCCOC(=O)C(=C)F)cc3)cc2)cc1. The van der Waals surface area contributed by atoms with Gasteiger partial charge in [0.05, 0.1) is 26.4 Å². The molecule has 0 atom stereocenters. The first-order valence-corrected chi connectivity index (χ1v) is 15.8. The molecule has 0 heterocycles. The van der Waals surface area contributed by atoms with E-state index >= 15 is 0 Å². The summed E-state index contributed by atoms with van der Waals surface area (Å²) in [5.74, 6) is 5.21. The molecule has 3 rings (SSSR count). The zero-order valence-electron chi connectivity index (χ0n) is 25.6. The number of unbranched alkanes of at least 4 members (excludes halogenated alkanes) is 4. The van der Waals surface area contributed by atoms with E-state index in [4.69, 9.17) is 18.9 Å². The third-order valence-electron chi connectivity index (χ3n) is 6.34. The summed E-state index contributed by atoms with van der Waals surface area (Å²) in [5.41, 5.74) is 2.27. The van der Waals surface area contributed by atoms with E-state index in [1.54, 1.807) is 24.3 Å². The Morgan fingerprint density at radius 2 is 1.15 bits per heavy atom. The van der Waals surface area contributed by atoms with Crippen LogP contribution in [-0.2, 0) is 19.1 Å². The minimum absolute atomic E-state index is 0.0684. The highest BCUT2D eigenvalue weighted by molar-refractivity contribution is 8.14. The molecular formula is C37H37FO7S. The highest BCUT2D eigenvalue weighted by Gasteiger charge is 2.09. The van der Waals surface area contributed by atoms with Gasteiger partial charge in [-0.15, -0.1) is 0 Å². The zero-order chi connectivity index (χ0) is 33.0. The Balaban J connectivity index is 1.34. The summed E-state index contributed by atoms with van der Waals surface area (Å²) in [4.78, 5) is 35.5. The standard InChI is InChI=1S/C37H37FO7S/c1-3-35(39)44-26-9-8-25-43-33-20-16-31(17-21-33)37(41)46-34-22-14-30(15-23-34)11-10-29-12-18-32(19-13-29)42-24-6-4-5-7-27-45-36(40)28(2)38/h3,12-23H,1-2,4-9,24-27H2. The topological polar surface area (TPSA) is 88.1 Å². The number of ether oxygens (including phenoxy) is 4. The molecule has 46 heavy (non-hydrogen) atoms. The van der Waals surface area contributed by atoms with Crippen LogP contribution in [0.3, 0.4) is 0 Å². The molecule has 0 amide bonds. The molecule has 0 unspecified atom stereocenters. The van der Waals surface area contributed by atoms with Crippen LogP contribution in [0.2, 0.25) is 0 Å². The number of rotatable bonds is 18. The Bertz CT molecular complexity index is 1500. The van der Waals surface area contributed by atoms with Crippen molar-refractivity contribution in [1.29, 1.82) is 0 Å². The first-order valence-electron chi connectivity index (χ1n) is 14.9. The zero-order valence-corrected chi connectivity index (χ0v) is 26.5. The number of halogens is 1. The van der Waals surface area contributed by atoms with E-state index in [-0.39, 0.29) is 11.7 Å². The van der Waals surface area contributed by atoms with Crippen molar-refractivity contribution in [3.05, 3.63) is 115 Å². The van der Waals surface area contributed by atoms with Gasteiger partial charge >= 0.3 is 11.9 Å². The van der Waals surface area contributed by atoms with Gasteiger partial charge in [0.15, 0.2) is 0 Å². The van der Waals surface area contributed by atoms with E-state index in [0.29, 0.717) is 44.0 Å². The van der Waals surface area contributed by atoms with Crippen molar-refractivity contribution in [2.24, 2.45) is 0 Å². The molecule has 0 fully saturated rings. The summed E-state index contributed by atoms with van der Waals surface area (Å²) in [5, 5.41) is -0.0684. The highest BCUT2D eigenvalue weighted by atomic mass is 32.2. The Labute approximate surface area is 273 Å². The third-order valence-corrected chi connectivity index (χ3v) is 7.27. The Kier molecular flexibility index (Phi) is 15.7. The normalized spacial score (nSPS) is 10.2. The van der Waals surface area contributed by atoms with E-state index in [2.05, 4.69) is 25.0 Å². The average Bonchev–Trinajstić information content (AvgIpc) is 3.07. The van der Waals surface area contributed by atoms with Crippen LogP contribution in [0.1, 0.15) is 60.0 Å². The fourth-order valence-electron chi connectivity index (χ4n) is 3.86. The summed E-state index contributed by atoms with van der Waals surface area (Å²) >= 11 is 1.15. The van der Waals surface area contributed by atoms with Crippen LogP contribution in [0.15, 0.2) is 103 Å². The van der Waals surface area contributed by atoms with Crippen molar-refractivity contribution < 1.29 is 37.7 Å². The lowest BCUT2D eigenvalue weighted by atomic mass is 10.2. The van der Waals surface area contributed by atoms with Crippen molar-refractivity contribution >= 4 is 28.8 Å². The quantitative estimate of drug-likeness (QED) is 0.0455. The summed E-state index contributed by atoms with van der Waals surface area (Å²) in [6.07, 6.45) is 5.85. The minimum Gasteiger partial charge on any atom is -0.494 e. The summed E-state index contributed by atoms with van der Waals surface area (Å²) in [6, 6.07) is 22.1. The summed E-state index contributed by atoms with van der Waals surface area (Å²) in [6.45, 7) is 7.81. The molecule has 3 aromatic rings. The van der Waals surface area contributed by atoms with Gasteiger partial charge < -0.3 is 18.9 Å². The maximum absolute atomic E-state index is 12.7. The molecule has 240 valence electrons. The second-order valence-corrected chi connectivity index (χ2v) is 11.0. The number of benzene rings is 3. The van der Waals surface area contributed by atoms with Crippen LogP contribution >= 0.6 is 11.8 Å². The van der Waals surface area contributed by atoms with E-state index in [0.717, 1.165) is 65.3 Å². The van der Waals surface area contributed by atoms with Crippen LogP contribution in [0.5, 0.6) is 11.5 Å². The fourth-order valence-corrected chi connectivity index (χ4v) is 4.60. The Morgan fingerprint density at radius 1 is 0.674 bits per heavy atom. The van der Waals surface area contributed by atoms with Crippen LogP contribution in [0, 0.1) is 11.8 Å². The molecule has 0 aromatic heterocycles. The molecule has 9 heteroatoms. The van der Waals surface area contributed by atoms with Crippen LogP contribution in [0.25, 0.3) is 0 Å². The first kappa shape index (κ1) is 35.7. The molecule has 0 saturated carbocycles. The van der Waals surface area contributed by atoms with Gasteiger partial charge in [-0.2, -0.15) is 4.39 Å². The van der Waals surface area contributed by atoms with Gasteiger partial charge in [-0.1, -0.05) is 25.0 Å². The molecule has 0 aliphatic rings. The molecule has 3 aromatic carbocycles. The smallest absolute Gasteiger partial charge is 0.366 e. The van der Waals surface area contributed by atoms with Gasteiger partial charge in [0.1, 0.15) is 11.5 Å². The number of thioether (sulfide) groups is 1. The largest absolute Gasteiger partial charge is 0.494 e. The number of hydrogen-bond acceptors (Lipinski definition) is 8. The van der Waals surface area contributed by atoms with Crippen molar-refractivity contribution in [1.82, 2.24) is 0 Å². The summed E-state index contributed by atoms with van der Waals surface area (Å²) in [7, 11) is 0. The van der Waals surface area contributed by atoms with Crippen LogP contribution in [-0.4, -0.2) is 43.5 Å². The lowest BCUT2D eigenvalue weighted by molar-refractivity contribution is -0.141. The van der Waals surface area contributed by atoms with E-state index in [1.807, 2.05) is 48.5 Å². The average molecular weight is 645 g/mol. The molecule has 0 bridgehead atoms. The van der Waals surface area contributed by atoms with Gasteiger partial charge in [-0.05, 0) is 123 Å². The fraction of sp³-hybridized carbons (Fsp3) is 0.270. The molecule has 0 saturated heterocycles. The highest BCUT2D eigenvalue weighted by Crippen LogP contribution is 2.24. The second-order valence-electron chi connectivity index (χ2n) is 9.94. The maximum Gasteiger partial charge on any atom is 0.366 e. The van der Waals surface area contributed by atoms with E-state index in [1.165, 1.54) is 0 Å². The Hall–Kier alpha value is -4.81. The van der Waals surface area contributed by atoms with Crippen molar-refractivity contribution in [3.63, 3.8) is 0 Å².